The summed E-state index contributed by atoms with van der Waals surface area (Å²) in [5, 5.41) is 3.43. The van der Waals surface area contributed by atoms with Crippen LogP contribution in [0.25, 0.3) is 10.1 Å². The van der Waals surface area contributed by atoms with Gasteiger partial charge in [0, 0.05) is 29.7 Å². The molecule has 0 bridgehead atoms. The molecule has 0 unspecified atom stereocenters. The van der Waals surface area contributed by atoms with E-state index in [-0.39, 0.29) is 11.7 Å². The Morgan fingerprint density at radius 3 is 2.95 bits per heavy atom. The number of morpholine rings is 1. The zero-order valence-corrected chi connectivity index (χ0v) is 13.1. The van der Waals surface area contributed by atoms with Gasteiger partial charge >= 0.3 is 0 Å². The molecule has 2 aromatic rings. The van der Waals surface area contributed by atoms with Gasteiger partial charge in [-0.1, -0.05) is 6.07 Å². The lowest BCUT2D eigenvalue weighted by Crippen LogP contribution is -2.38. The van der Waals surface area contributed by atoms with Crippen LogP contribution in [0.5, 0.6) is 0 Å². The summed E-state index contributed by atoms with van der Waals surface area (Å²) in [6, 6.07) is 6.54. The first-order chi connectivity index (χ1) is 10.7. The number of carbonyl (C=O) groups excluding carboxylic acids is 1. The van der Waals surface area contributed by atoms with E-state index in [1.165, 1.54) is 17.4 Å². The number of thiophene rings is 1. The molecular weight excluding hydrogens is 303 g/mol. The molecule has 1 fully saturated rings. The SMILES string of the molecule is O=C(NCCCN1CCOCC1)c1cc2c(F)cccc2s1. The molecular formula is C16H19FN2O2S. The van der Waals surface area contributed by atoms with Gasteiger partial charge in [-0.25, -0.2) is 4.39 Å². The second-order valence-electron chi connectivity index (χ2n) is 5.33. The zero-order valence-electron chi connectivity index (χ0n) is 12.3. The number of ether oxygens (including phenoxy) is 1. The van der Waals surface area contributed by atoms with Crippen LogP contribution in [-0.4, -0.2) is 50.2 Å². The maximum atomic E-state index is 13.6. The van der Waals surface area contributed by atoms with Crippen molar-refractivity contribution in [3.63, 3.8) is 0 Å². The average Bonchev–Trinajstić information content (AvgIpc) is 2.98. The minimum atomic E-state index is -0.278. The fraction of sp³-hybridized carbons (Fsp3) is 0.438. The summed E-state index contributed by atoms with van der Waals surface area (Å²) in [7, 11) is 0. The van der Waals surface area contributed by atoms with Crippen molar-refractivity contribution >= 4 is 27.3 Å². The van der Waals surface area contributed by atoms with Crippen molar-refractivity contribution in [2.75, 3.05) is 39.4 Å². The van der Waals surface area contributed by atoms with E-state index in [0.717, 1.165) is 44.0 Å². The van der Waals surface area contributed by atoms with E-state index in [2.05, 4.69) is 10.2 Å². The minimum absolute atomic E-state index is 0.123. The number of rotatable bonds is 5. The quantitative estimate of drug-likeness (QED) is 0.860. The Morgan fingerprint density at radius 2 is 2.18 bits per heavy atom. The molecule has 2 heterocycles. The molecule has 0 radical (unpaired) electrons. The van der Waals surface area contributed by atoms with Crippen molar-refractivity contribution in [3.8, 4) is 0 Å². The van der Waals surface area contributed by atoms with Gasteiger partial charge in [0.1, 0.15) is 5.82 Å². The van der Waals surface area contributed by atoms with Crippen LogP contribution in [-0.2, 0) is 4.74 Å². The first-order valence-corrected chi connectivity index (χ1v) is 8.32. The minimum Gasteiger partial charge on any atom is -0.379 e. The molecule has 0 aliphatic carbocycles. The van der Waals surface area contributed by atoms with Gasteiger partial charge in [-0.15, -0.1) is 11.3 Å². The molecule has 1 aromatic carbocycles. The number of nitrogens with one attached hydrogen (secondary N) is 1. The maximum Gasteiger partial charge on any atom is 0.261 e. The predicted molar refractivity (Wildman–Crippen MR) is 86.0 cm³/mol. The van der Waals surface area contributed by atoms with E-state index >= 15 is 0 Å². The Hall–Kier alpha value is -1.50. The van der Waals surface area contributed by atoms with Crippen LogP contribution < -0.4 is 5.32 Å². The van der Waals surface area contributed by atoms with E-state index < -0.39 is 0 Å². The highest BCUT2D eigenvalue weighted by Crippen LogP contribution is 2.27. The van der Waals surface area contributed by atoms with Crippen LogP contribution in [0.1, 0.15) is 16.1 Å². The molecule has 1 aliphatic rings. The summed E-state index contributed by atoms with van der Waals surface area (Å²) in [4.78, 5) is 15.0. The van der Waals surface area contributed by atoms with Gasteiger partial charge < -0.3 is 10.1 Å². The standard InChI is InChI=1S/C16H19FN2O2S/c17-13-3-1-4-14-12(13)11-15(22-14)16(20)18-5-2-6-19-7-9-21-10-8-19/h1,3-4,11H,2,5-10H2,(H,18,20). The number of nitrogens with zero attached hydrogens (tertiary/aromatic N) is 1. The van der Waals surface area contributed by atoms with Gasteiger partial charge in [-0.05, 0) is 31.2 Å². The summed E-state index contributed by atoms with van der Waals surface area (Å²) in [6.07, 6.45) is 0.908. The van der Waals surface area contributed by atoms with Crippen molar-refractivity contribution in [2.45, 2.75) is 6.42 Å². The lowest BCUT2D eigenvalue weighted by Gasteiger charge is -2.26. The van der Waals surface area contributed by atoms with Gasteiger partial charge in [-0.2, -0.15) is 0 Å². The summed E-state index contributed by atoms with van der Waals surface area (Å²) in [5.74, 6) is -0.400. The first kappa shape index (κ1) is 15.4. The summed E-state index contributed by atoms with van der Waals surface area (Å²) < 4.78 is 19.7. The molecule has 1 aliphatic heterocycles. The maximum absolute atomic E-state index is 13.6. The zero-order chi connectivity index (χ0) is 15.4. The number of hydrogen-bond donors (Lipinski definition) is 1. The van der Waals surface area contributed by atoms with Crippen LogP contribution in [0.4, 0.5) is 4.39 Å². The predicted octanol–water partition coefficient (Wildman–Crippen LogP) is 2.49. The third-order valence-corrected chi connectivity index (χ3v) is 4.87. The molecule has 0 spiro atoms. The molecule has 22 heavy (non-hydrogen) atoms. The van der Waals surface area contributed by atoms with E-state index in [0.29, 0.717) is 16.8 Å². The van der Waals surface area contributed by atoms with Gasteiger partial charge in [0.05, 0.1) is 18.1 Å². The van der Waals surface area contributed by atoms with Crippen molar-refractivity contribution in [2.24, 2.45) is 0 Å². The average molecular weight is 322 g/mol. The molecule has 3 rings (SSSR count). The third-order valence-electron chi connectivity index (χ3n) is 3.77. The number of hydrogen-bond acceptors (Lipinski definition) is 4. The number of benzene rings is 1. The van der Waals surface area contributed by atoms with E-state index in [1.807, 2.05) is 6.07 Å². The van der Waals surface area contributed by atoms with Gasteiger partial charge in [0.2, 0.25) is 0 Å². The molecule has 4 nitrogen and oxygen atoms in total. The Bertz CT molecular complexity index is 653. The molecule has 0 atom stereocenters. The Balaban J connectivity index is 1.49. The van der Waals surface area contributed by atoms with Crippen LogP contribution >= 0.6 is 11.3 Å². The van der Waals surface area contributed by atoms with E-state index in [9.17, 15) is 9.18 Å². The number of halogens is 1. The molecule has 118 valence electrons. The normalized spacial score (nSPS) is 16.0. The van der Waals surface area contributed by atoms with Gasteiger partial charge in [-0.3, -0.25) is 9.69 Å². The fourth-order valence-electron chi connectivity index (χ4n) is 2.55. The highest BCUT2D eigenvalue weighted by atomic mass is 32.1. The van der Waals surface area contributed by atoms with E-state index in [4.69, 9.17) is 4.74 Å². The Kier molecular flexibility index (Phi) is 5.02. The monoisotopic (exact) mass is 322 g/mol. The number of fused-ring (bicyclic) bond motifs is 1. The fourth-order valence-corrected chi connectivity index (χ4v) is 3.55. The number of carbonyl (C=O) groups is 1. The van der Waals surface area contributed by atoms with Gasteiger partial charge in [0.25, 0.3) is 5.91 Å². The van der Waals surface area contributed by atoms with Crippen molar-refractivity contribution in [1.29, 1.82) is 0 Å². The van der Waals surface area contributed by atoms with Crippen molar-refractivity contribution in [1.82, 2.24) is 10.2 Å². The van der Waals surface area contributed by atoms with Crippen LogP contribution in [0, 0.1) is 5.82 Å². The van der Waals surface area contributed by atoms with Gasteiger partial charge in [0.15, 0.2) is 0 Å². The molecule has 0 saturated carbocycles. The summed E-state index contributed by atoms with van der Waals surface area (Å²) >= 11 is 1.33. The summed E-state index contributed by atoms with van der Waals surface area (Å²) in [5.41, 5.74) is 0. The topological polar surface area (TPSA) is 41.6 Å². The van der Waals surface area contributed by atoms with Crippen LogP contribution in [0.15, 0.2) is 24.3 Å². The number of amides is 1. The van der Waals surface area contributed by atoms with Crippen molar-refractivity contribution in [3.05, 3.63) is 35.0 Å². The van der Waals surface area contributed by atoms with Crippen LogP contribution in [0.2, 0.25) is 0 Å². The Labute approximate surface area is 132 Å². The Morgan fingerprint density at radius 1 is 1.36 bits per heavy atom. The second-order valence-corrected chi connectivity index (χ2v) is 6.41. The first-order valence-electron chi connectivity index (χ1n) is 7.50. The van der Waals surface area contributed by atoms with Crippen molar-refractivity contribution < 1.29 is 13.9 Å². The highest BCUT2D eigenvalue weighted by Gasteiger charge is 2.13. The third kappa shape index (κ3) is 3.63. The smallest absolute Gasteiger partial charge is 0.261 e. The highest BCUT2D eigenvalue weighted by molar-refractivity contribution is 7.20. The lowest BCUT2D eigenvalue weighted by atomic mass is 10.2. The molecule has 6 heteroatoms. The molecule has 1 N–H and O–H groups in total. The molecule has 1 amide bonds. The second kappa shape index (κ2) is 7.17. The van der Waals surface area contributed by atoms with Crippen LogP contribution in [0.3, 0.4) is 0 Å². The molecule has 1 saturated heterocycles. The summed E-state index contributed by atoms with van der Waals surface area (Å²) in [6.45, 7) is 5.10. The van der Waals surface area contributed by atoms with E-state index in [1.54, 1.807) is 12.1 Å². The lowest BCUT2D eigenvalue weighted by molar-refractivity contribution is 0.0374. The largest absolute Gasteiger partial charge is 0.379 e. The molecule has 1 aromatic heterocycles.